The van der Waals surface area contributed by atoms with E-state index in [0.717, 1.165) is 11.1 Å². The van der Waals surface area contributed by atoms with Crippen LogP contribution in [0.15, 0.2) is 36.4 Å². The van der Waals surface area contributed by atoms with Gasteiger partial charge < -0.3 is 25.4 Å². The van der Waals surface area contributed by atoms with Gasteiger partial charge in [0.15, 0.2) is 0 Å². The van der Waals surface area contributed by atoms with Crippen molar-refractivity contribution in [3.8, 4) is 5.88 Å². The second-order valence-corrected chi connectivity index (χ2v) is 9.18. The fourth-order valence-electron chi connectivity index (χ4n) is 4.14. The van der Waals surface area contributed by atoms with Crippen LogP contribution in [0.5, 0.6) is 5.88 Å². The molecule has 2 heterocycles. The molecule has 1 aliphatic heterocycles. The Hall–Kier alpha value is -3.11. The van der Waals surface area contributed by atoms with Crippen LogP contribution in [0.3, 0.4) is 0 Å². The van der Waals surface area contributed by atoms with Gasteiger partial charge in [0.05, 0.1) is 13.2 Å². The molecular formula is C25H32F2N4O4. The van der Waals surface area contributed by atoms with Gasteiger partial charge in [-0.05, 0) is 43.0 Å². The highest BCUT2D eigenvalue weighted by Crippen LogP contribution is 2.40. The smallest absolute Gasteiger partial charge is 0.388 e. The third-order valence-electron chi connectivity index (χ3n) is 6.13. The van der Waals surface area contributed by atoms with Crippen LogP contribution in [0.25, 0.3) is 0 Å². The molecule has 1 aromatic carbocycles. The molecule has 0 radical (unpaired) electrons. The Morgan fingerprint density at radius 1 is 1.17 bits per heavy atom. The number of aromatic nitrogens is 1. The second kappa shape index (κ2) is 11.1. The highest BCUT2D eigenvalue weighted by Gasteiger charge is 2.53. The van der Waals surface area contributed by atoms with E-state index in [0.29, 0.717) is 5.69 Å². The molecular weight excluding hydrogens is 458 g/mol. The van der Waals surface area contributed by atoms with Crippen LogP contribution in [-0.4, -0.2) is 65.7 Å². The molecule has 190 valence electrons. The number of likely N-dealkylation sites (tertiary alicyclic amines) is 1. The summed E-state index contributed by atoms with van der Waals surface area (Å²) < 4.78 is 30.4. The summed E-state index contributed by atoms with van der Waals surface area (Å²) in [4.78, 5) is 32.0. The number of nitrogens with zero attached hydrogens (tertiary/aromatic N) is 2. The SMILES string of the molecule is Cc1ccc(NC(=O)C2(c3ccccc3C(C)C)CN(C(=O)CNC(C)CO)C2)c(OC(F)F)n1. The van der Waals surface area contributed by atoms with E-state index in [2.05, 4.69) is 20.4 Å². The molecule has 3 rings (SSSR count). The molecule has 2 aromatic rings. The predicted molar refractivity (Wildman–Crippen MR) is 128 cm³/mol. The first-order chi connectivity index (χ1) is 16.6. The lowest BCUT2D eigenvalue weighted by Gasteiger charge is -2.50. The minimum absolute atomic E-state index is 0.0273. The number of hydrogen-bond donors (Lipinski definition) is 3. The summed E-state index contributed by atoms with van der Waals surface area (Å²) in [5, 5.41) is 14.8. The fraction of sp³-hybridized carbons (Fsp3) is 0.480. The number of hydrogen-bond acceptors (Lipinski definition) is 6. The van der Waals surface area contributed by atoms with Gasteiger partial charge in [-0.25, -0.2) is 4.98 Å². The van der Waals surface area contributed by atoms with Crippen molar-refractivity contribution in [1.29, 1.82) is 0 Å². The topological polar surface area (TPSA) is 104 Å². The molecule has 1 saturated heterocycles. The number of pyridine rings is 1. The van der Waals surface area contributed by atoms with Gasteiger partial charge in [0.25, 0.3) is 0 Å². The molecule has 35 heavy (non-hydrogen) atoms. The molecule has 1 aliphatic rings. The van der Waals surface area contributed by atoms with Crippen LogP contribution < -0.4 is 15.4 Å². The molecule has 8 nitrogen and oxygen atoms in total. The Kier molecular flexibility index (Phi) is 8.39. The summed E-state index contributed by atoms with van der Waals surface area (Å²) in [5.74, 6) is -0.882. The number of ether oxygens (including phenoxy) is 1. The number of halogens is 2. The molecule has 0 aliphatic carbocycles. The van der Waals surface area contributed by atoms with Crippen LogP contribution in [0.1, 0.15) is 43.5 Å². The van der Waals surface area contributed by atoms with E-state index in [1.165, 1.54) is 6.07 Å². The number of alkyl halides is 2. The van der Waals surface area contributed by atoms with E-state index in [1.54, 1.807) is 24.8 Å². The molecule has 1 aromatic heterocycles. The maximum Gasteiger partial charge on any atom is 0.388 e. The van der Waals surface area contributed by atoms with E-state index in [1.807, 2.05) is 38.1 Å². The number of nitrogens with one attached hydrogen (secondary N) is 2. The van der Waals surface area contributed by atoms with Gasteiger partial charge in [-0.3, -0.25) is 9.59 Å². The number of aryl methyl sites for hydroxylation is 1. The molecule has 10 heteroatoms. The highest BCUT2D eigenvalue weighted by molar-refractivity contribution is 6.02. The zero-order valence-electron chi connectivity index (χ0n) is 20.3. The molecule has 0 spiro atoms. The zero-order chi connectivity index (χ0) is 25.8. The van der Waals surface area contributed by atoms with Gasteiger partial charge in [0.1, 0.15) is 11.1 Å². The summed E-state index contributed by atoms with van der Waals surface area (Å²) in [5.41, 5.74) is 1.16. The molecule has 1 unspecified atom stereocenters. The van der Waals surface area contributed by atoms with Gasteiger partial charge in [0, 0.05) is 24.8 Å². The maximum atomic E-state index is 13.7. The second-order valence-electron chi connectivity index (χ2n) is 9.18. The Labute approximate surface area is 203 Å². The van der Waals surface area contributed by atoms with Crippen LogP contribution >= 0.6 is 0 Å². The number of aliphatic hydroxyl groups is 1. The Balaban J connectivity index is 1.91. The average Bonchev–Trinajstić information content (AvgIpc) is 2.78. The molecule has 3 N–H and O–H groups in total. The van der Waals surface area contributed by atoms with Crippen LogP contribution in [0.2, 0.25) is 0 Å². The van der Waals surface area contributed by atoms with Crippen molar-refractivity contribution in [2.45, 2.75) is 51.7 Å². The summed E-state index contributed by atoms with van der Waals surface area (Å²) in [6, 6.07) is 10.4. The number of rotatable bonds is 10. The van der Waals surface area contributed by atoms with E-state index in [9.17, 15) is 23.5 Å². The lowest BCUT2D eigenvalue weighted by molar-refractivity contribution is -0.143. The lowest BCUT2D eigenvalue weighted by atomic mass is 9.69. The largest absolute Gasteiger partial charge is 0.415 e. The van der Waals surface area contributed by atoms with Crippen molar-refractivity contribution in [2.24, 2.45) is 0 Å². The van der Waals surface area contributed by atoms with Gasteiger partial charge in [-0.1, -0.05) is 38.1 Å². The Morgan fingerprint density at radius 2 is 1.86 bits per heavy atom. The lowest BCUT2D eigenvalue weighted by Crippen LogP contribution is -2.67. The van der Waals surface area contributed by atoms with Gasteiger partial charge in [-0.15, -0.1) is 0 Å². The average molecular weight is 491 g/mol. The quantitative estimate of drug-likeness (QED) is 0.473. The first-order valence-electron chi connectivity index (χ1n) is 11.5. The first-order valence-corrected chi connectivity index (χ1v) is 11.5. The maximum absolute atomic E-state index is 13.7. The van der Waals surface area contributed by atoms with Crippen molar-refractivity contribution < 1.29 is 28.2 Å². The van der Waals surface area contributed by atoms with Crippen molar-refractivity contribution in [2.75, 3.05) is 31.6 Å². The number of benzene rings is 1. The van der Waals surface area contributed by atoms with Crippen LogP contribution in [0.4, 0.5) is 14.5 Å². The standard InChI is InChI=1S/C25H32F2N4O4/c1-15(2)18-7-5-6-8-19(18)25(13-31(14-25)21(33)11-28-17(4)12-32)23(34)30-20-10-9-16(3)29-22(20)35-24(26)27/h5-10,15,17,24,28,32H,11-14H2,1-4H3,(H,30,34). The third-order valence-corrected chi connectivity index (χ3v) is 6.13. The molecule has 1 fully saturated rings. The molecule has 2 amide bonds. The summed E-state index contributed by atoms with van der Waals surface area (Å²) in [6.45, 7) is 4.51. The van der Waals surface area contributed by atoms with Crippen LogP contribution in [-0.2, 0) is 15.0 Å². The van der Waals surface area contributed by atoms with E-state index in [4.69, 9.17) is 0 Å². The minimum Gasteiger partial charge on any atom is -0.415 e. The molecule has 0 bridgehead atoms. The molecule has 0 saturated carbocycles. The van der Waals surface area contributed by atoms with E-state index in [-0.39, 0.29) is 55.7 Å². The number of aliphatic hydroxyl groups excluding tert-OH is 1. The van der Waals surface area contributed by atoms with E-state index >= 15 is 0 Å². The highest BCUT2D eigenvalue weighted by atomic mass is 19.3. The summed E-state index contributed by atoms with van der Waals surface area (Å²) >= 11 is 0. The minimum atomic E-state index is -3.10. The zero-order valence-corrected chi connectivity index (χ0v) is 20.3. The number of amides is 2. The summed E-state index contributed by atoms with van der Waals surface area (Å²) in [7, 11) is 0. The van der Waals surface area contributed by atoms with Crippen LogP contribution in [0, 0.1) is 6.92 Å². The predicted octanol–water partition coefficient (Wildman–Crippen LogP) is 2.80. The Bertz CT molecular complexity index is 1060. The van der Waals surface area contributed by atoms with E-state index < -0.39 is 17.9 Å². The number of carbonyl (C=O) groups excluding carboxylic acids is 2. The molecule has 1 atom stereocenters. The van der Waals surface area contributed by atoms with Gasteiger partial charge in [0.2, 0.25) is 17.7 Å². The van der Waals surface area contributed by atoms with Crippen molar-refractivity contribution in [1.82, 2.24) is 15.2 Å². The van der Waals surface area contributed by atoms with Crippen molar-refractivity contribution >= 4 is 17.5 Å². The van der Waals surface area contributed by atoms with Gasteiger partial charge in [-0.2, -0.15) is 8.78 Å². The van der Waals surface area contributed by atoms with Gasteiger partial charge >= 0.3 is 6.61 Å². The van der Waals surface area contributed by atoms with Crippen molar-refractivity contribution in [3.63, 3.8) is 0 Å². The third kappa shape index (κ3) is 5.94. The summed E-state index contributed by atoms with van der Waals surface area (Å²) in [6.07, 6.45) is 0. The Morgan fingerprint density at radius 3 is 2.49 bits per heavy atom. The number of anilines is 1. The fourth-order valence-corrected chi connectivity index (χ4v) is 4.14. The normalized spacial score (nSPS) is 15.6. The monoisotopic (exact) mass is 490 g/mol. The van der Waals surface area contributed by atoms with Crippen molar-refractivity contribution in [3.05, 3.63) is 53.2 Å². The number of carbonyl (C=O) groups is 2. The first kappa shape index (κ1) is 26.5.